The number of guanidine groups is 2. The van der Waals surface area contributed by atoms with Crippen molar-refractivity contribution in [2.45, 2.75) is 335 Å². The zero-order valence-electron chi connectivity index (χ0n) is 77.8. The smallest absolute Gasteiger partial charge is 0.326 e. The standard InChI is InChI=1S/C85H153N25O18/c1-45(2)39-59(75(119)96-51(13)68(112)103-61(41-47(5)6)77(121)100-56(25-16-18-32-86)74(118)106-60(40-46(3)4)76(120)97-52(14)70(114)107-63(83(127)128)43-49(9)10)105-73(117)57(26-17-19-33-87)101-78(122)62(42-48(7)8)104-69(113)53(15)98-81(125)67(50(11)12)108-80(124)65-31-24-38-110(65)82(126)58(29-22-36-94-85(90)91)102-79(123)64-30-23-37-109(64)66(111)44-95-71(115)55(28-21-35-93-84(88)89)99-72(116)54-27-20-34-92-54/h45-65,67,92H,16-44,86-87H2,1-15H3,(H,95,115)(H,96,119)(H,97,120)(H,98,125)(H,99,116)(H,100,121)(H,101,122)(H,102,123)(H,103,112)(H,104,113)(H,105,117)(H,106,118)(H,107,114)(H,108,124)(H,127,128)(H4,88,89,93)(H4,90,91,94)/t51-,52-,53-,54-,55-,56-,57-,58-,59-,60-,61-,62-,63-,64-,65-,67-/m0/s1. The number of amides is 16. The van der Waals surface area contributed by atoms with Crippen LogP contribution >= 0.6 is 0 Å². The number of likely N-dealkylation sites (tertiary alicyclic amines) is 2. The van der Waals surface area contributed by atoms with Gasteiger partial charge in [-0.1, -0.05) is 83.1 Å². The van der Waals surface area contributed by atoms with Crippen molar-refractivity contribution < 1.29 is 86.6 Å². The lowest BCUT2D eigenvalue weighted by atomic mass is 9.99. The highest BCUT2D eigenvalue weighted by Crippen LogP contribution is 2.24. The third kappa shape index (κ3) is 40.4. The van der Waals surface area contributed by atoms with Gasteiger partial charge in [0.1, 0.15) is 90.6 Å². The summed E-state index contributed by atoms with van der Waals surface area (Å²) in [5.41, 5.74) is 22.7. The summed E-state index contributed by atoms with van der Waals surface area (Å²) in [6.07, 6.45) is 5.18. The Hall–Kier alpha value is -10.6. The Morgan fingerprint density at radius 2 is 0.695 bits per heavy atom. The number of carboxylic acids is 1. The third-order valence-corrected chi connectivity index (χ3v) is 22.1. The van der Waals surface area contributed by atoms with Gasteiger partial charge in [0.05, 0.1) is 12.6 Å². The molecule has 0 aromatic heterocycles. The van der Waals surface area contributed by atoms with Crippen molar-refractivity contribution in [2.75, 3.05) is 52.4 Å². The second-order valence-electron chi connectivity index (χ2n) is 36.3. The zero-order chi connectivity index (χ0) is 96.4. The largest absolute Gasteiger partial charge is 0.480 e. The number of nitrogens with two attached hydrogens (primary N) is 4. The number of nitrogens with one attached hydrogen (secondary N) is 19. The molecule has 0 aromatic carbocycles. The highest BCUT2D eigenvalue weighted by Gasteiger charge is 2.44. The highest BCUT2D eigenvalue weighted by molar-refractivity contribution is 6.01. The van der Waals surface area contributed by atoms with Gasteiger partial charge in [0, 0.05) is 26.2 Å². The summed E-state index contributed by atoms with van der Waals surface area (Å²) in [4.78, 5) is 241. The van der Waals surface area contributed by atoms with E-state index in [1.165, 1.54) is 30.6 Å². The summed E-state index contributed by atoms with van der Waals surface area (Å²) in [5.74, 6) is -14.8. The molecule has 43 nitrogen and oxygen atoms in total. The summed E-state index contributed by atoms with van der Waals surface area (Å²) in [6, 6.07) is -19.1. The minimum absolute atomic E-state index is 0.00772. The van der Waals surface area contributed by atoms with Crippen LogP contribution in [0.5, 0.6) is 0 Å². The van der Waals surface area contributed by atoms with Crippen LogP contribution in [0.1, 0.15) is 239 Å². The molecule has 128 heavy (non-hydrogen) atoms. The molecule has 3 saturated heterocycles. The van der Waals surface area contributed by atoms with E-state index >= 15 is 0 Å². The van der Waals surface area contributed by atoms with Crippen LogP contribution in [0.2, 0.25) is 0 Å². The lowest BCUT2D eigenvalue weighted by Gasteiger charge is -2.32. The van der Waals surface area contributed by atoms with Crippen molar-refractivity contribution in [3.05, 3.63) is 0 Å². The second kappa shape index (κ2) is 57.4. The monoisotopic (exact) mass is 1810 g/mol. The lowest BCUT2D eigenvalue weighted by Crippen LogP contribution is -2.61. The lowest BCUT2D eigenvalue weighted by molar-refractivity contribution is -0.144. The second-order valence-corrected chi connectivity index (χ2v) is 36.3. The average Bonchev–Trinajstić information content (AvgIpc) is 1.65. The van der Waals surface area contributed by atoms with Crippen LogP contribution in [0, 0.1) is 46.3 Å². The molecule has 3 aliphatic heterocycles. The van der Waals surface area contributed by atoms with E-state index in [0.29, 0.717) is 57.9 Å². The van der Waals surface area contributed by atoms with Crippen molar-refractivity contribution >= 4 is 112 Å². The molecule has 0 radical (unpaired) electrons. The maximum Gasteiger partial charge on any atom is 0.326 e. The van der Waals surface area contributed by atoms with Gasteiger partial charge in [-0.15, -0.1) is 0 Å². The fraction of sp³-hybridized carbons (Fsp3) is 0.776. The molecule has 16 amide bonds. The Kier molecular flexibility index (Phi) is 50.0. The average molecular weight is 1810 g/mol. The quantitative estimate of drug-likeness (QED) is 0.0163. The predicted molar refractivity (Wildman–Crippen MR) is 479 cm³/mol. The van der Waals surface area contributed by atoms with E-state index in [9.17, 15) is 86.6 Å². The maximum atomic E-state index is 14.8. The minimum atomic E-state index is -1.35. The van der Waals surface area contributed by atoms with Crippen LogP contribution < -0.4 is 113 Å². The summed E-state index contributed by atoms with van der Waals surface area (Å²) in [6.45, 7) is 26.6. The van der Waals surface area contributed by atoms with Gasteiger partial charge in [-0.2, -0.15) is 0 Å². The van der Waals surface area contributed by atoms with E-state index < -0.39 is 204 Å². The molecule has 3 rings (SSSR count). The molecule has 16 atom stereocenters. The molecule has 3 fully saturated rings. The van der Waals surface area contributed by atoms with Gasteiger partial charge in [-0.25, -0.2) is 4.79 Å². The molecule has 0 aromatic rings. The first-order chi connectivity index (χ1) is 60.2. The number of carbonyl (C=O) groups is 17. The molecule has 0 unspecified atom stereocenters. The van der Waals surface area contributed by atoms with Crippen LogP contribution in [-0.4, -0.2) is 276 Å². The number of rotatable bonds is 58. The topological polar surface area (TPSA) is 673 Å². The Morgan fingerprint density at radius 1 is 0.359 bits per heavy atom. The summed E-state index contributed by atoms with van der Waals surface area (Å²) in [5, 5.41) is 70.9. The summed E-state index contributed by atoms with van der Waals surface area (Å²) >= 11 is 0. The maximum absolute atomic E-state index is 14.8. The molecule has 726 valence electrons. The van der Waals surface area contributed by atoms with Gasteiger partial charge in [0.2, 0.25) is 94.5 Å². The van der Waals surface area contributed by atoms with E-state index in [1.54, 1.807) is 69.2 Å². The Bertz CT molecular complexity index is 3710. The van der Waals surface area contributed by atoms with E-state index in [1.807, 2.05) is 13.8 Å². The number of carbonyl (C=O) groups excluding carboxylic acids is 16. The van der Waals surface area contributed by atoms with Crippen molar-refractivity contribution in [2.24, 2.45) is 58.4 Å². The molecule has 0 spiro atoms. The normalized spacial score (nSPS) is 18.0. The third-order valence-electron chi connectivity index (χ3n) is 22.1. The molecule has 3 aliphatic rings. The van der Waals surface area contributed by atoms with Gasteiger partial charge in [0.15, 0.2) is 11.9 Å². The van der Waals surface area contributed by atoms with Crippen LogP contribution in [-0.2, 0) is 81.5 Å². The van der Waals surface area contributed by atoms with Crippen LogP contribution in [0.25, 0.3) is 0 Å². The molecular formula is C85H153N25O18. The molecule has 0 aliphatic carbocycles. The molecule has 28 N–H and O–H groups in total. The number of unbranched alkanes of at least 4 members (excludes halogenated alkanes) is 2. The van der Waals surface area contributed by atoms with Gasteiger partial charge in [0.25, 0.3) is 0 Å². The molecule has 0 bridgehead atoms. The number of aliphatic carboxylic acids is 1. The highest BCUT2D eigenvalue weighted by atomic mass is 16.4. The van der Waals surface area contributed by atoms with Crippen molar-refractivity contribution in [3.8, 4) is 0 Å². The van der Waals surface area contributed by atoms with E-state index in [2.05, 4.69) is 90.4 Å². The van der Waals surface area contributed by atoms with Crippen LogP contribution in [0.4, 0.5) is 0 Å². The zero-order valence-corrected chi connectivity index (χ0v) is 77.8. The first-order valence-electron chi connectivity index (χ1n) is 45.5. The summed E-state index contributed by atoms with van der Waals surface area (Å²) < 4.78 is 0. The minimum Gasteiger partial charge on any atom is -0.480 e. The van der Waals surface area contributed by atoms with E-state index in [0.717, 1.165) is 6.42 Å². The number of hydrogen-bond donors (Lipinski definition) is 24. The van der Waals surface area contributed by atoms with Crippen LogP contribution in [0.3, 0.4) is 0 Å². The molecular weight excluding hydrogens is 1660 g/mol. The van der Waals surface area contributed by atoms with Crippen molar-refractivity contribution in [1.29, 1.82) is 10.8 Å². The number of hydrogen-bond acceptors (Lipinski definition) is 22. The summed E-state index contributed by atoms with van der Waals surface area (Å²) in [7, 11) is 0. The Balaban J connectivity index is 1.78. The first kappa shape index (κ1) is 112. The van der Waals surface area contributed by atoms with Crippen molar-refractivity contribution in [1.82, 2.24) is 100 Å². The van der Waals surface area contributed by atoms with Gasteiger partial charge in [-0.3, -0.25) is 87.5 Å². The fourth-order valence-corrected chi connectivity index (χ4v) is 15.2. The predicted octanol–water partition coefficient (Wildman–Crippen LogP) is -3.05. The first-order valence-corrected chi connectivity index (χ1v) is 45.5. The van der Waals surface area contributed by atoms with Gasteiger partial charge >= 0.3 is 5.97 Å². The molecule has 3 heterocycles. The van der Waals surface area contributed by atoms with Crippen LogP contribution in [0.15, 0.2) is 0 Å². The fourth-order valence-electron chi connectivity index (χ4n) is 15.2. The molecule has 0 saturated carbocycles. The van der Waals surface area contributed by atoms with E-state index in [-0.39, 0.29) is 164 Å². The van der Waals surface area contributed by atoms with Gasteiger partial charge in [-0.05, 0) is 211 Å². The number of carboxylic acid groups (broad SMARTS) is 1. The van der Waals surface area contributed by atoms with Gasteiger partial charge < -0.3 is 128 Å². The Morgan fingerprint density at radius 3 is 1.09 bits per heavy atom. The number of nitrogens with zero attached hydrogens (tertiary/aromatic N) is 2. The van der Waals surface area contributed by atoms with E-state index in [4.69, 9.17) is 33.8 Å². The molecule has 43 heteroatoms. The van der Waals surface area contributed by atoms with Crippen molar-refractivity contribution in [3.63, 3.8) is 0 Å². The SMILES string of the molecule is CC(C)C[C@H](NC(=O)[C@H](C)NC(=O)[C@H](CC(C)C)NC(=O)[C@H](CCCCN)NC(=O)[C@H](CC(C)C)NC(=O)[C@H](C)NC(=O)[C@H](CC(C)C)NC(=O)[C@H](CCCCN)NC(=O)[C@H](CC(C)C)NC(=O)[C@H](C)NC(=O)[C@@H](NC(=O)[C@@H]1CCCN1C(=O)[C@H](CCCNC(=N)N)NC(=O)[C@@H]1CCCN1C(=O)CNC(=O)[C@H](CCCNC(=N)N)NC(=O)[C@@H]1CCCN1)C(C)C)C(=O)O. The Labute approximate surface area is 753 Å².